The number of nitrogens with one attached hydrogen (secondary N) is 3. The lowest BCUT2D eigenvalue weighted by Crippen LogP contribution is -2.43. The molecule has 3 N–H and O–H groups in total. The third-order valence-corrected chi connectivity index (χ3v) is 9.80. The lowest BCUT2D eigenvalue weighted by Gasteiger charge is -2.30. The highest BCUT2D eigenvalue weighted by Gasteiger charge is 2.40. The molecule has 5 rings (SSSR count). The van der Waals surface area contributed by atoms with E-state index in [4.69, 9.17) is 4.74 Å². The third-order valence-electron chi connectivity index (χ3n) is 8.53. The first-order valence-corrected chi connectivity index (χ1v) is 16.7. The van der Waals surface area contributed by atoms with Crippen LogP contribution in [-0.4, -0.2) is 86.1 Å². The summed E-state index contributed by atoms with van der Waals surface area (Å²) < 4.78 is 76.6. The number of methoxy groups -OCH3 is 1. The zero-order chi connectivity index (χ0) is 33.4. The SMILES string of the molecule is COc1cc(C(=O)NC2CCN(C)CC2)c(F)cc1Nc1ncc(C(C)(F)F)c(NC2Cc3ccccc3C2N(C)S(C)(=O)=O)n1. The number of alkyl halides is 2. The van der Waals surface area contributed by atoms with E-state index in [1.807, 2.05) is 25.2 Å². The number of ether oxygens (including phenoxy) is 1. The highest BCUT2D eigenvalue weighted by Crippen LogP contribution is 2.40. The molecule has 2 heterocycles. The Morgan fingerprint density at radius 1 is 1.17 bits per heavy atom. The summed E-state index contributed by atoms with van der Waals surface area (Å²) >= 11 is 0. The second-order valence-corrected chi connectivity index (χ2v) is 14.0. The van der Waals surface area contributed by atoms with Gasteiger partial charge in [0.25, 0.3) is 11.8 Å². The van der Waals surface area contributed by atoms with Gasteiger partial charge in [0, 0.05) is 32.3 Å². The summed E-state index contributed by atoms with van der Waals surface area (Å²) in [4.78, 5) is 23.4. The smallest absolute Gasteiger partial charge is 0.275 e. The number of piperidine rings is 1. The number of amides is 1. The third kappa shape index (κ3) is 7.21. The largest absolute Gasteiger partial charge is 0.495 e. The number of fused-ring (bicyclic) bond motifs is 1. The Labute approximate surface area is 266 Å². The van der Waals surface area contributed by atoms with Crippen LogP contribution < -0.4 is 20.7 Å². The quantitative estimate of drug-likeness (QED) is 0.292. The number of likely N-dealkylation sites (tertiary alicyclic amines) is 1. The van der Waals surface area contributed by atoms with Crippen LogP contribution in [0.25, 0.3) is 0 Å². The van der Waals surface area contributed by atoms with Crippen molar-refractivity contribution >= 4 is 33.4 Å². The summed E-state index contributed by atoms with van der Waals surface area (Å²) in [6.07, 6.45) is 3.89. The number of rotatable bonds is 10. The Morgan fingerprint density at radius 3 is 2.52 bits per heavy atom. The van der Waals surface area contributed by atoms with Crippen molar-refractivity contribution in [2.24, 2.45) is 0 Å². The van der Waals surface area contributed by atoms with Gasteiger partial charge in [0.2, 0.25) is 16.0 Å². The van der Waals surface area contributed by atoms with Crippen molar-refractivity contribution in [2.75, 3.05) is 51.2 Å². The number of anilines is 3. The number of sulfonamides is 1. The summed E-state index contributed by atoms with van der Waals surface area (Å²) in [6, 6.07) is 8.19. The van der Waals surface area contributed by atoms with E-state index in [0.29, 0.717) is 13.3 Å². The Balaban J connectivity index is 1.43. The number of benzene rings is 2. The fourth-order valence-corrected chi connectivity index (χ4v) is 6.61. The van der Waals surface area contributed by atoms with Gasteiger partial charge in [-0.2, -0.15) is 9.29 Å². The average Bonchev–Trinajstić information content (AvgIpc) is 3.34. The zero-order valence-electron chi connectivity index (χ0n) is 26.3. The van der Waals surface area contributed by atoms with Crippen LogP contribution in [0.5, 0.6) is 5.75 Å². The molecule has 15 heteroatoms. The van der Waals surface area contributed by atoms with Crippen LogP contribution in [0.15, 0.2) is 42.6 Å². The van der Waals surface area contributed by atoms with Crippen LogP contribution in [0, 0.1) is 5.82 Å². The molecule has 2 aliphatic rings. The molecule has 2 unspecified atom stereocenters. The van der Waals surface area contributed by atoms with Gasteiger partial charge in [-0.1, -0.05) is 24.3 Å². The molecule has 1 aromatic heterocycles. The number of halogens is 3. The Kier molecular flexibility index (Phi) is 9.47. The van der Waals surface area contributed by atoms with Gasteiger partial charge in [0.1, 0.15) is 17.4 Å². The van der Waals surface area contributed by atoms with E-state index in [0.717, 1.165) is 55.6 Å². The molecule has 46 heavy (non-hydrogen) atoms. The maximum Gasteiger partial charge on any atom is 0.275 e. The summed E-state index contributed by atoms with van der Waals surface area (Å²) in [7, 11) is 1.14. The monoisotopic (exact) mass is 661 g/mol. The van der Waals surface area contributed by atoms with Crippen LogP contribution in [0.1, 0.15) is 52.9 Å². The maximum absolute atomic E-state index is 15.3. The van der Waals surface area contributed by atoms with Gasteiger partial charge in [-0.15, -0.1) is 0 Å². The summed E-state index contributed by atoms with van der Waals surface area (Å²) in [5, 5.41) is 8.76. The number of carbonyl (C=O) groups excluding carboxylic acids is 1. The van der Waals surface area contributed by atoms with Crippen molar-refractivity contribution in [3.63, 3.8) is 0 Å². The highest BCUT2D eigenvalue weighted by molar-refractivity contribution is 7.88. The van der Waals surface area contributed by atoms with Crippen molar-refractivity contribution < 1.29 is 31.1 Å². The Hall–Kier alpha value is -3.95. The molecule has 0 bridgehead atoms. The van der Waals surface area contributed by atoms with Crippen LogP contribution in [-0.2, 0) is 22.4 Å². The molecule has 2 aromatic carbocycles. The Bertz CT molecular complexity index is 1710. The van der Waals surface area contributed by atoms with Gasteiger partial charge >= 0.3 is 0 Å². The zero-order valence-corrected chi connectivity index (χ0v) is 27.1. The van der Waals surface area contributed by atoms with E-state index in [1.165, 1.54) is 24.5 Å². The van der Waals surface area contributed by atoms with E-state index < -0.39 is 45.3 Å². The van der Waals surface area contributed by atoms with Crippen LogP contribution >= 0.6 is 0 Å². The second kappa shape index (κ2) is 13.0. The molecule has 2 atom stereocenters. The Morgan fingerprint density at radius 2 is 1.87 bits per heavy atom. The number of hydrogen-bond acceptors (Lipinski definition) is 9. The van der Waals surface area contributed by atoms with Gasteiger partial charge in [0.05, 0.1) is 42.3 Å². The predicted molar refractivity (Wildman–Crippen MR) is 169 cm³/mol. The molecule has 1 saturated heterocycles. The number of nitrogens with zero attached hydrogens (tertiary/aromatic N) is 4. The normalized spacial score (nSPS) is 19.2. The van der Waals surface area contributed by atoms with Gasteiger partial charge < -0.3 is 25.6 Å². The van der Waals surface area contributed by atoms with Crippen molar-refractivity contribution in [1.82, 2.24) is 24.5 Å². The minimum atomic E-state index is -3.65. The summed E-state index contributed by atoms with van der Waals surface area (Å²) in [5.41, 5.74) is 0.991. The number of likely N-dealkylation sites (N-methyl/N-ethyl adjacent to an activating group) is 1. The van der Waals surface area contributed by atoms with E-state index in [-0.39, 0.29) is 34.8 Å². The lowest BCUT2D eigenvalue weighted by molar-refractivity contribution is 0.0175. The molecule has 1 fully saturated rings. The molecule has 3 aromatic rings. The summed E-state index contributed by atoms with van der Waals surface area (Å²) in [5.74, 6) is -5.00. The van der Waals surface area contributed by atoms with Crippen LogP contribution in [0.2, 0.25) is 0 Å². The van der Waals surface area contributed by atoms with E-state index >= 15 is 4.39 Å². The lowest BCUT2D eigenvalue weighted by atomic mass is 10.0. The molecule has 1 amide bonds. The van der Waals surface area contributed by atoms with Gasteiger partial charge in [0.15, 0.2) is 0 Å². The van der Waals surface area contributed by atoms with Crippen molar-refractivity contribution in [3.8, 4) is 5.75 Å². The standard InChI is InChI=1S/C31H38F3N7O4S/c1-31(33,34)22-17-35-30(39-28(22)37-25-14-18-8-6-7-9-20(18)27(25)41(3)46(5,43)44)38-24-16-23(32)21(15-26(24)45-4)29(42)36-19-10-12-40(2)13-11-19/h6-9,15-17,19,25,27H,10-14H2,1-5H3,(H,36,42)(H2,35,37,38,39). The molecule has 1 aliphatic carbocycles. The maximum atomic E-state index is 15.3. The molecule has 0 saturated carbocycles. The van der Waals surface area contributed by atoms with E-state index in [9.17, 15) is 22.0 Å². The van der Waals surface area contributed by atoms with Gasteiger partial charge in [-0.25, -0.2) is 26.6 Å². The first kappa shape index (κ1) is 33.4. The van der Waals surface area contributed by atoms with Crippen LogP contribution in [0.3, 0.4) is 0 Å². The summed E-state index contributed by atoms with van der Waals surface area (Å²) in [6.45, 7) is 2.35. The highest BCUT2D eigenvalue weighted by atomic mass is 32.2. The predicted octanol–water partition coefficient (Wildman–Crippen LogP) is 4.27. The average molecular weight is 662 g/mol. The fraction of sp³-hybridized carbons (Fsp3) is 0.452. The van der Waals surface area contributed by atoms with E-state index in [2.05, 4.69) is 30.8 Å². The van der Waals surface area contributed by atoms with Crippen molar-refractivity contribution in [2.45, 2.75) is 50.2 Å². The molecule has 0 radical (unpaired) electrons. The van der Waals surface area contributed by atoms with Crippen LogP contribution in [0.4, 0.5) is 30.6 Å². The molecular formula is C31H38F3N7O4S. The van der Waals surface area contributed by atoms with Crippen molar-refractivity contribution in [3.05, 3.63) is 70.7 Å². The topological polar surface area (TPSA) is 129 Å². The van der Waals surface area contributed by atoms with Crippen molar-refractivity contribution in [1.29, 1.82) is 0 Å². The first-order chi connectivity index (χ1) is 21.7. The minimum absolute atomic E-state index is 0.0701. The first-order valence-electron chi connectivity index (χ1n) is 14.8. The van der Waals surface area contributed by atoms with Gasteiger partial charge in [-0.3, -0.25) is 4.79 Å². The molecule has 0 spiro atoms. The number of carbonyl (C=O) groups is 1. The molecule has 11 nitrogen and oxygen atoms in total. The molecular weight excluding hydrogens is 623 g/mol. The fourth-order valence-electron chi connectivity index (χ4n) is 5.94. The molecule has 1 aliphatic heterocycles. The number of hydrogen-bond donors (Lipinski definition) is 3. The second-order valence-electron chi connectivity index (χ2n) is 11.9. The minimum Gasteiger partial charge on any atom is -0.495 e. The van der Waals surface area contributed by atoms with Gasteiger partial charge in [-0.05, 0) is 56.6 Å². The number of aromatic nitrogens is 2. The van der Waals surface area contributed by atoms with E-state index in [1.54, 1.807) is 6.07 Å². The molecule has 248 valence electrons.